The Labute approximate surface area is 116 Å². The van der Waals surface area contributed by atoms with Crippen LogP contribution < -0.4 is 0 Å². The molecule has 1 aliphatic rings. The van der Waals surface area contributed by atoms with Gasteiger partial charge in [-0.05, 0) is 27.2 Å². The van der Waals surface area contributed by atoms with E-state index in [1.807, 2.05) is 0 Å². The lowest BCUT2D eigenvalue weighted by molar-refractivity contribution is 0.0234. The molecular formula is C12H18N4O4. The zero-order valence-corrected chi connectivity index (χ0v) is 11.8. The summed E-state index contributed by atoms with van der Waals surface area (Å²) >= 11 is 0. The first kappa shape index (κ1) is 14.3. The van der Waals surface area contributed by atoms with Crippen LogP contribution in [0.3, 0.4) is 0 Å². The molecule has 2 rings (SSSR count). The molecule has 0 bridgehead atoms. The van der Waals surface area contributed by atoms with Crippen molar-refractivity contribution in [2.24, 2.45) is 0 Å². The first-order chi connectivity index (χ1) is 9.28. The van der Waals surface area contributed by atoms with E-state index in [0.717, 1.165) is 0 Å². The molecule has 8 nitrogen and oxygen atoms in total. The predicted molar refractivity (Wildman–Crippen MR) is 68.2 cm³/mol. The zero-order chi connectivity index (χ0) is 14.9. The van der Waals surface area contributed by atoms with E-state index in [1.54, 1.807) is 20.8 Å². The first-order valence-corrected chi connectivity index (χ1v) is 6.41. The Balaban J connectivity index is 2.21. The van der Waals surface area contributed by atoms with Crippen molar-refractivity contribution in [3.8, 4) is 0 Å². The number of fused-ring (bicyclic) bond motifs is 1. The number of aromatic nitrogens is 3. The van der Waals surface area contributed by atoms with Crippen LogP contribution in [-0.2, 0) is 17.8 Å². The largest absolute Gasteiger partial charge is 0.476 e. The van der Waals surface area contributed by atoms with E-state index >= 15 is 0 Å². The van der Waals surface area contributed by atoms with Gasteiger partial charge in [0.05, 0.1) is 12.2 Å². The number of carbonyl (C=O) groups is 2. The molecule has 1 aromatic heterocycles. The van der Waals surface area contributed by atoms with Crippen LogP contribution in [0.4, 0.5) is 4.79 Å². The van der Waals surface area contributed by atoms with Crippen LogP contribution in [-0.4, -0.2) is 49.2 Å². The average molecular weight is 282 g/mol. The topological polar surface area (TPSA) is 97.5 Å². The van der Waals surface area contributed by atoms with E-state index in [2.05, 4.69) is 10.3 Å². The van der Waals surface area contributed by atoms with Crippen LogP contribution in [0.5, 0.6) is 0 Å². The highest BCUT2D eigenvalue weighted by Gasteiger charge is 2.28. The van der Waals surface area contributed by atoms with E-state index in [-0.39, 0.29) is 12.2 Å². The molecule has 0 saturated carbocycles. The van der Waals surface area contributed by atoms with Gasteiger partial charge in [-0.15, -0.1) is 5.10 Å². The molecule has 2 heterocycles. The normalized spacial score (nSPS) is 15.4. The van der Waals surface area contributed by atoms with Gasteiger partial charge in [0.2, 0.25) is 0 Å². The van der Waals surface area contributed by atoms with Gasteiger partial charge in [0.15, 0.2) is 5.69 Å². The Bertz CT molecular complexity index is 532. The average Bonchev–Trinajstić information content (AvgIpc) is 2.57. The Morgan fingerprint density at radius 2 is 2.00 bits per heavy atom. The molecule has 0 aliphatic carbocycles. The molecular weight excluding hydrogens is 264 g/mol. The van der Waals surface area contributed by atoms with Gasteiger partial charge in [-0.25, -0.2) is 14.3 Å². The van der Waals surface area contributed by atoms with E-state index < -0.39 is 17.7 Å². The molecule has 1 aliphatic heterocycles. The molecule has 0 spiro atoms. The summed E-state index contributed by atoms with van der Waals surface area (Å²) in [6.07, 6.45) is 0.220. The second kappa shape index (κ2) is 5.10. The first-order valence-electron chi connectivity index (χ1n) is 6.41. The monoisotopic (exact) mass is 282 g/mol. The third kappa shape index (κ3) is 3.06. The van der Waals surface area contributed by atoms with Crippen molar-refractivity contribution in [2.45, 2.75) is 45.9 Å². The summed E-state index contributed by atoms with van der Waals surface area (Å²) in [6.45, 7) is 6.54. The van der Waals surface area contributed by atoms with Gasteiger partial charge in [-0.1, -0.05) is 5.21 Å². The van der Waals surface area contributed by atoms with E-state index in [1.165, 1.54) is 9.58 Å². The van der Waals surface area contributed by atoms with Crippen molar-refractivity contribution in [3.63, 3.8) is 0 Å². The smallest absolute Gasteiger partial charge is 0.410 e. The molecule has 1 aromatic rings. The Morgan fingerprint density at radius 1 is 1.30 bits per heavy atom. The van der Waals surface area contributed by atoms with Gasteiger partial charge >= 0.3 is 12.1 Å². The highest BCUT2D eigenvalue weighted by atomic mass is 16.6. The van der Waals surface area contributed by atoms with Gasteiger partial charge in [-0.3, -0.25) is 0 Å². The van der Waals surface area contributed by atoms with E-state index in [0.29, 0.717) is 25.2 Å². The SMILES string of the molecule is CC(C)(C)OC(=O)N1CCCn2nnc(C(=O)O)c2C1. The number of hydrogen-bond acceptors (Lipinski definition) is 5. The number of ether oxygens (including phenoxy) is 1. The van der Waals surface area contributed by atoms with Crippen molar-refractivity contribution in [1.29, 1.82) is 0 Å². The van der Waals surface area contributed by atoms with Crippen LogP contribution in [0.15, 0.2) is 0 Å². The fourth-order valence-corrected chi connectivity index (χ4v) is 1.99. The molecule has 20 heavy (non-hydrogen) atoms. The maximum absolute atomic E-state index is 12.1. The summed E-state index contributed by atoms with van der Waals surface area (Å²) in [5.41, 5.74) is -0.265. The number of carboxylic acid groups (broad SMARTS) is 1. The molecule has 0 atom stereocenters. The Morgan fingerprint density at radius 3 is 2.60 bits per heavy atom. The third-order valence-corrected chi connectivity index (χ3v) is 2.83. The van der Waals surface area contributed by atoms with Crippen molar-refractivity contribution < 1.29 is 19.4 Å². The van der Waals surface area contributed by atoms with Gasteiger partial charge in [0.1, 0.15) is 5.60 Å². The molecule has 110 valence electrons. The highest BCUT2D eigenvalue weighted by Crippen LogP contribution is 2.17. The van der Waals surface area contributed by atoms with Crippen molar-refractivity contribution in [3.05, 3.63) is 11.4 Å². The van der Waals surface area contributed by atoms with Crippen LogP contribution in [0, 0.1) is 0 Å². The number of carbonyl (C=O) groups excluding carboxylic acids is 1. The maximum Gasteiger partial charge on any atom is 0.410 e. The fourth-order valence-electron chi connectivity index (χ4n) is 1.99. The number of nitrogens with zero attached hydrogens (tertiary/aromatic N) is 4. The molecule has 1 amide bonds. The maximum atomic E-state index is 12.1. The summed E-state index contributed by atoms with van der Waals surface area (Å²) in [5.74, 6) is -1.14. The number of hydrogen-bond donors (Lipinski definition) is 1. The molecule has 0 aromatic carbocycles. The quantitative estimate of drug-likeness (QED) is 0.828. The summed E-state index contributed by atoms with van der Waals surface area (Å²) in [5, 5.41) is 16.5. The number of amides is 1. The summed E-state index contributed by atoms with van der Waals surface area (Å²) in [4.78, 5) is 24.7. The van der Waals surface area contributed by atoms with Crippen molar-refractivity contribution in [2.75, 3.05) is 6.54 Å². The standard InChI is InChI=1S/C12H18N4O4/c1-12(2,3)20-11(19)15-5-4-6-16-8(7-15)9(10(17)18)13-14-16/h4-7H2,1-3H3,(H,17,18). The molecule has 0 radical (unpaired) electrons. The van der Waals surface area contributed by atoms with Gasteiger partial charge in [0, 0.05) is 13.1 Å². The zero-order valence-electron chi connectivity index (χ0n) is 11.8. The minimum atomic E-state index is -1.14. The van der Waals surface area contributed by atoms with Crippen LogP contribution >= 0.6 is 0 Å². The van der Waals surface area contributed by atoms with Gasteiger partial charge in [0.25, 0.3) is 0 Å². The van der Waals surface area contributed by atoms with E-state index in [4.69, 9.17) is 9.84 Å². The van der Waals surface area contributed by atoms with Crippen LogP contribution in [0.2, 0.25) is 0 Å². The molecule has 0 saturated heterocycles. The Hall–Kier alpha value is -2.12. The number of carboxylic acids is 1. The van der Waals surface area contributed by atoms with Crippen LogP contribution in [0.25, 0.3) is 0 Å². The van der Waals surface area contributed by atoms with Crippen molar-refractivity contribution >= 4 is 12.1 Å². The van der Waals surface area contributed by atoms with Gasteiger partial charge < -0.3 is 14.7 Å². The second-order valence-electron chi connectivity index (χ2n) is 5.67. The number of aryl methyl sites for hydroxylation is 1. The molecule has 0 fully saturated rings. The fraction of sp³-hybridized carbons (Fsp3) is 0.667. The van der Waals surface area contributed by atoms with Crippen LogP contribution in [0.1, 0.15) is 43.4 Å². The summed E-state index contributed by atoms with van der Waals surface area (Å²) in [6, 6.07) is 0. The lowest BCUT2D eigenvalue weighted by Gasteiger charge is -2.26. The third-order valence-electron chi connectivity index (χ3n) is 2.83. The molecule has 0 unspecified atom stereocenters. The second-order valence-corrected chi connectivity index (χ2v) is 5.67. The Kier molecular flexibility index (Phi) is 3.65. The molecule has 8 heteroatoms. The predicted octanol–water partition coefficient (Wildman–Crippen LogP) is 1.12. The summed E-state index contributed by atoms with van der Waals surface area (Å²) < 4.78 is 6.85. The minimum absolute atomic E-state index is 0.111. The summed E-state index contributed by atoms with van der Waals surface area (Å²) in [7, 11) is 0. The minimum Gasteiger partial charge on any atom is -0.476 e. The highest BCUT2D eigenvalue weighted by molar-refractivity contribution is 5.86. The van der Waals surface area contributed by atoms with E-state index in [9.17, 15) is 9.59 Å². The lowest BCUT2D eigenvalue weighted by atomic mass is 10.2. The number of rotatable bonds is 1. The lowest BCUT2D eigenvalue weighted by Crippen LogP contribution is -2.36. The molecule has 1 N–H and O–H groups in total. The van der Waals surface area contributed by atoms with Crippen molar-refractivity contribution in [1.82, 2.24) is 19.9 Å². The number of aromatic carboxylic acids is 1. The van der Waals surface area contributed by atoms with Gasteiger partial charge in [-0.2, -0.15) is 0 Å².